The first-order valence-electron chi connectivity index (χ1n) is 8.01. The second-order valence-electron chi connectivity index (χ2n) is 5.78. The van der Waals surface area contributed by atoms with Crippen molar-refractivity contribution in [3.63, 3.8) is 0 Å². The second-order valence-corrected chi connectivity index (χ2v) is 6.63. The standard InChI is InChI=1S/C17H17BrN4O4/c1-11-13(18)3-5-16(19-11)20-17(23)12-2-4-14(15(10-12)22(24)25)21-6-8-26-9-7-21/h2-5,10H,6-9H2,1H3,(H,19,20,23). The Morgan fingerprint density at radius 3 is 2.69 bits per heavy atom. The molecule has 2 heterocycles. The highest BCUT2D eigenvalue weighted by molar-refractivity contribution is 9.10. The molecule has 0 bridgehead atoms. The highest BCUT2D eigenvalue weighted by Gasteiger charge is 2.23. The number of halogens is 1. The van der Waals surface area contributed by atoms with Crippen LogP contribution in [-0.2, 0) is 4.74 Å². The summed E-state index contributed by atoms with van der Waals surface area (Å²) in [5.41, 5.74) is 1.33. The molecule has 1 aliphatic heterocycles. The number of nitro benzene ring substituents is 1. The van der Waals surface area contributed by atoms with E-state index in [0.29, 0.717) is 37.8 Å². The largest absolute Gasteiger partial charge is 0.378 e. The maximum absolute atomic E-state index is 12.5. The van der Waals surface area contributed by atoms with Gasteiger partial charge in [0.15, 0.2) is 0 Å². The smallest absolute Gasteiger partial charge is 0.293 e. The first-order chi connectivity index (χ1) is 12.5. The van der Waals surface area contributed by atoms with E-state index >= 15 is 0 Å². The lowest BCUT2D eigenvalue weighted by molar-refractivity contribution is -0.384. The summed E-state index contributed by atoms with van der Waals surface area (Å²) in [7, 11) is 0. The monoisotopic (exact) mass is 420 g/mol. The number of rotatable bonds is 4. The molecular weight excluding hydrogens is 404 g/mol. The zero-order valence-electron chi connectivity index (χ0n) is 14.1. The number of aromatic nitrogens is 1. The lowest BCUT2D eigenvalue weighted by Crippen LogP contribution is -2.36. The molecule has 8 nitrogen and oxygen atoms in total. The van der Waals surface area contributed by atoms with Gasteiger partial charge in [0.2, 0.25) is 0 Å². The summed E-state index contributed by atoms with van der Waals surface area (Å²) >= 11 is 3.35. The van der Waals surface area contributed by atoms with E-state index in [2.05, 4.69) is 26.2 Å². The SMILES string of the molecule is Cc1nc(NC(=O)c2ccc(N3CCOCC3)c([N+](=O)[O-])c2)ccc1Br. The number of carbonyl (C=O) groups is 1. The summed E-state index contributed by atoms with van der Waals surface area (Å²) in [5, 5.41) is 14.1. The van der Waals surface area contributed by atoms with E-state index in [1.165, 1.54) is 6.07 Å². The number of aryl methyl sites for hydroxylation is 1. The van der Waals surface area contributed by atoms with E-state index in [0.717, 1.165) is 10.2 Å². The fraction of sp³-hybridized carbons (Fsp3) is 0.294. The Kier molecular flexibility index (Phi) is 5.48. The molecule has 9 heteroatoms. The summed E-state index contributed by atoms with van der Waals surface area (Å²) in [6.45, 7) is 4.01. The van der Waals surface area contributed by atoms with E-state index in [4.69, 9.17) is 4.74 Å². The molecular formula is C17H17BrN4O4. The minimum atomic E-state index is -0.469. The van der Waals surface area contributed by atoms with Crippen LogP contribution in [0.5, 0.6) is 0 Å². The van der Waals surface area contributed by atoms with Crippen LogP contribution in [-0.4, -0.2) is 42.1 Å². The molecule has 1 amide bonds. The maximum atomic E-state index is 12.5. The van der Waals surface area contributed by atoms with Crippen LogP contribution >= 0.6 is 15.9 Å². The molecule has 1 saturated heterocycles. The normalized spacial score (nSPS) is 14.2. The first kappa shape index (κ1) is 18.3. The van der Waals surface area contributed by atoms with Gasteiger partial charge in [-0.2, -0.15) is 0 Å². The average molecular weight is 421 g/mol. The molecule has 0 radical (unpaired) electrons. The predicted molar refractivity (Wildman–Crippen MR) is 101 cm³/mol. The molecule has 0 spiro atoms. The van der Waals surface area contributed by atoms with Crippen LogP contribution in [0.1, 0.15) is 16.1 Å². The number of pyridine rings is 1. The Hall–Kier alpha value is -2.52. The Bertz CT molecular complexity index is 853. The summed E-state index contributed by atoms with van der Waals surface area (Å²) in [6.07, 6.45) is 0. The molecule has 26 heavy (non-hydrogen) atoms. The van der Waals surface area contributed by atoms with Crippen molar-refractivity contribution >= 4 is 39.0 Å². The van der Waals surface area contributed by atoms with Gasteiger partial charge < -0.3 is 15.0 Å². The second kappa shape index (κ2) is 7.79. The van der Waals surface area contributed by atoms with E-state index in [1.807, 2.05) is 11.8 Å². The number of morpholine rings is 1. The molecule has 0 atom stereocenters. The molecule has 0 aliphatic carbocycles. The lowest BCUT2D eigenvalue weighted by Gasteiger charge is -2.28. The number of nitro groups is 1. The Labute approximate surface area is 158 Å². The van der Waals surface area contributed by atoms with Gasteiger partial charge >= 0.3 is 0 Å². The Balaban J connectivity index is 1.85. The fourth-order valence-corrected chi connectivity index (χ4v) is 2.91. The highest BCUT2D eigenvalue weighted by atomic mass is 79.9. The third-order valence-electron chi connectivity index (χ3n) is 4.05. The molecule has 0 unspecified atom stereocenters. The Morgan fingerprint density at radius 2 is 2.04 bits per heavy atom. The van der Waals surface area contributed by atoms with Gasteiger partial charge in [-0.05, 0) is 47.1 Å². The molecule has 0 saturated carbocycles. The van der Waals surface area contributed by atoms with Gasteiger partial charge in [-0.25, -0.2) is 4.98 Å². The van der Waals surface area contributed by atoms with Crippen molar-refractivity contribution in [2.75, 3.05) is 36.5 Å². The highest BCUT2D eigenvalue weighted by Crippen LogP contribution is 2.30. The van der Waals surface area contributed by atoms with Gasteiger partial charge in [-0.1, -0.05) is 0 Å². The van der Waals surface area contributed by atoms with E-state index in [1.54, 1.807) is 24.3 Å². The summed E-state index contributed by atoms with van der Waals surface area (Å²) in [5.74, 6) is -0.0635. The number of hydrogen-bond acceptors (Lipinski definition) is 6. The van der Waals surface area contributed by atoms with Crippen molar-refractivity contribution in [2.24, 2.45) is 0 Å². The molecule has 1 aromatic heterocycles. The zero-order chi connectivity index (χ0) is 18.7. The summed E-state index contributed by atoms with van der Waals surface area (Å²) < 4.78 is 6.12. The predicted octanol–water partition coefficient (Wildman–Crippen LogP) is 3.15. The molecule has 1 aliphatic rings. The van der Waals surface area contributed by atoms with E-state index in [9.17, 15) is 14.9 Å². The van der Waals surface area contributed by atoms with Crippen molar-refractivity contribution < 1.29 is 14.5 Å². The van der Waals surface area contributed by atoms with Crippen LogP contribution in [0.25, 0.3) is 0 Å². The van der Waals surface area contributed by atoms with Crippen LogP contribution in [0.2, 0.25) is 0 Å². The van der Waals surface area contributed by atoms with Crippen LogP contribution in [0.4, 0.5) is 17.2 Å². The van der Waals surface area contributed by atoms with Crippen molar-refractivity contribution in [1.29, 1.82) is 0 Å². The van der Waals surface area contributed by atoms with E-state index in [-0.39, 0.29) is 11.3 Å². The summed E-state index contributed by atoms with van der Waals surface area (Å²) in [6, 6.07) is 7.93. The van der Waals surface area contributed by atoms with Crippen LogP contribution < -0.4 is 10.2 Å². The van der Waals surface area contributed by atoms with Crippen LogP contribution in [0.3, 0.4) is 0 Å². The third kappa shape index (κ3) is 4.00. The molecule has 136 valence electrons. The van der Waals surface area contributed by atoms with Crippen molar-refractivity contribution in [1.82, 2.24) is 4.98 Å². The number of ether oxygens (including phenoxy) is 1. The number of anilines is 2. The number of nitrogens with zero attached hydrogens (tertiary/aromatic N) is 3. The minimum absolute atomic E-state index is 0.0977. The fourth-order valence-electron chi connectivity index (χ4n) is 2.68. The minimum Gasteiger partial charge on any atom is -0.378 e. The average Bonchev–Trinajstić information content (AvgIpc) is 2.65. The number of hydrogen-bond donors (Lipinski definition) is 1. The summed E-state index contributed by atoms with van der Waals surface area (Å²) in [4.78, 5) is 29.6. The molecule has 1 fully saturated rings. The lowest BCUT2D eigenvalue weighted by atomic mass is 10.1. The zero-order valence-corrected chi connectivity index (χ0v) is 15.7. The van der Waals surface area contributed by atoms with Gasteiger partial charge in [0.1, 0.15) is 11.5 Å². The maximum Gasteiger partial charge on any atom is 0.293 e. The molecule has 1 aromatic carbocycles. The molecule has 3 rings (SSSR count). The van der Waals surface area contributed by atoms with Crippen LogP contribution in [0, 0.1) is 17.0 Å². The van der Waals surface area contributed by atoms with Gasteiger partial charge in [0, 0.05) is 29.2 Å². The van der Waals surface area contributed by atoms with Crippen molar-refractivity contribution in [3.05, 3.63) is 56.2 Å². The van der Waals surface area contributed by atoms with Gasteiger partial charge in [-0.15, -0.1) is 0 Å². The van der Waals surface area contributed by atoms with Crippen molar-refractivity contribution in [2.45, 2.75) is 6.92 Å². The molecule has 2 aromatic rings. The number of benzene rings is 1. The molecule has 1 N–H and O–H groups in total. The van der Waals surface area contributed by atoms with Crippen molar-refractivity contribution in [3.8, 4) is 0 Å². The Morgan fingerprint density at radius 1 is 1.31 bits per heavy atom. The topological polar surface area (TPSA) is 97.6 Å². The number of amides is 1. The van der Waals surface area contributed by atoms with Crippen LogP contribution in [0.15, 0.2) is 34.8 Å². The first-order valence-corrected chi connectivity index (χ1v) is 8.80. The third-order valence-corrected chi connectivity index (χ3v) is 4.89. The number of carbonyl (C=O) groups excluding carboxylic acids is 1. The van der Waals surface area contributed by atoms with Gasteiger partial charge in [-0.3, -0.25) is 14.9 Å². The quantitative estimate of drug-likeness (QED) is 0.602. The van der Waals surface area contributed by atoms with Gasteiger partial charge in [0.05, 0.1) is 23.8 Å². The van der Waals surface area contributed by atoms with E-state index < -0.39 is 10.8 Å². The number of nitrogens with one attached hydrogen (secondary N) is 1. The van der Waals surface area contributed by atoms with Gasteiger partial charge in [0.25, 0.3) is 11.6 Å².